The fourth-order valence-electron chi connectivity index (χ4n) is 3.62. The van der Waals surface area contributed by atoms with Crippen LogP contribution in [0.15, 0.2) is 36.5 Å². The molecule has 3 heterocycles. The topological polar surface area (TPSA) is 86.7 Å². The lowest BCUT2D eigenvalue weighted by molar-refractivity contribution is -0.134. The van der Waals surface area contributed by atoms with Crippen molar-refractivity contribution in [3.8, 4) is 0 Å². The van der Waals surface area contributed by atoms with Gasteiger partial charge in [-0.25, -0.2) is 4.79 Å². The minimum absolute atomic E-state index is 0.0800. The average Bonchev–Trinajstić information content (AvgIpc) is 3.04. The Morgan fingerprint density at radius 1 is 1.08 bits per heavy atom. The number of nitrogens with one attached hydrogen (secondary N) is 2. The number of benzene rings is 1. The summed E-state index contributed by atoms with van der Waals surface area (Å²) in [5, 5.41) is 6.12. The van der Waals surface area contributed by atoms with Crippen molar-refractivity contribution in [1.29, 1.82) is 0 Å². The van der Waals surface area contributed by atoms with Gasteiger partial charge in [0, 0.05) is 37.9 Å². The molecule has 2 aliphatic heterocycles. The van der Waals surface area contributed by atoms with Crippen LogP contribution in [0.4, 0.5) is 4.79 Å². The first-order valence-electron chi connectivity index (χ1n) is 8.76. The molecular weight excluding hydrogens is 334 g/mol. The third-order valence-electron chi connectivity index (χ3n) is 5.02. The van der Waals surface area contributed by atoms with Gasteiger partial charge in [0.1, 0.15) is 6.54 Å². The molecule has 2 aromatic rings. The molecule has 0 aliphatic carbocycles. The zero-order chi connectivity index (χ0) is 18.1. The zero-order valence-electron chi connectivity index (χ0n) is 14.4. The molecule has 0 saturated carbocycles. The molecule has 2 aliphatic rings. The fraction of sp³-hybridized carbons (Fsp3) is 0.389. The van der Waals surface area contributed by atoms with Gasteiger partial charge in [0.25, 0.3) is 0 Å². The van der Waals surface area contributed by atoms with Gasteiger partial charge in [0.2, 0.25) is 11.8 Å². The molecular formula is C18H21N5O3. The van der Waals surface area contributed by atoms with E-state index in [0.717, 1.165) is 10.9 Å². The van der Waals surface area contributed by atoms with Crippen LogP contribution in [0.25, 0.3) is 10.9 Å². The van der Waals surface area contributed by atoms with E-state index in [1.54, 1.807) is 0 Å². The number of aromatic nitrogens is 1. The van der Waals surface area contributed by atoms with Crippen LogP contribution in [0.3, 0.4) is 0 Å². The molecule has 0 bridgehead atoms. The van der Waals surface area contributed by atoms with E-state index < -0.39 is 6.03 Å². The third kappa shape index (κ3) is 3.28. The van der Waals surface area contributed by atoms with Crippen LogP contribution in [0.5, 0.6) is 0 Å². The number of hydrogen-bond acceptors (Lipinski definition) is 4. The summed E-state index contributed by atoms with van der Waals surface area (Å²) in [7, 11) is 0. The molecule has 2 N–H and O–H groups in total. The Bertz CT molecular complexity index is 837. The van der Waals surface area contributed by atoms with E-state index in [-0.39, 0.29) is 24.4 Å². The zero-order valence-corrected chi connectivity index (χ0v) is 14.4. The van der Waals surface area contributed by atoms with E-state index in [1.165, 1.54) is 0 Å². The number of nitrogens with zero attached hydrogens (tertiary/aromatic N) is 3. The normalized spacial score (nSPS) is 21.5. The highest BCUT2D eigenvalue weighted by Gasteiger charge is 2.31. The molecule has 8 nitrogen and oxygen atoms in total. The number of carbonyl (C=O) groups is 3. The number of piperazine rings is 1. The quantitative estimate of drug-likeness (QED) is 0.831. The van der Waals surface area contributed by atoms with Crippen LogP contribution in [-0.4, -0.2) is 64.6 Å². The predicted molar refractivity (Wildman–Crippen MR) is 95.2 cm³/mol. The third-order valence-corrected chi connectivity index (χ3v) is 5.02. The van der Waals surface area contributed by atoms with Crippen molar-refractivity contribution in [2.24, 2.45) is 0 Å². The summed E-state index contributed by atoms with van der Waals surface area (Å²) in [6.45, 7) is 2.76. The number of imide groups is 1. The van der Waals surface area contributed by atoms with Crippen molar-refractivity contribution in [3.63, 3.8) is 0 Å². The smallest absolute Gasteiger partial charge is 0.322 e. The minimum Gasteiger partial charge on any atom is -0.339 e. The molecule has 1 aromatic carbocycles. The van der Waals surface area contributed by atoms with E-state index in [4.69, 9.17) is 0 Å². The SMILES string of the molecule is O=C1CC(N2CCN(C(=O)Cn3ccc4ccccc43)CC2)NC(=O)N1. The second-order valence-corrected chi connectivity index (χ2v) is 6.66. The average molecular weight is 355 g/mol. The first kappa shape index (κ1) is 16.6. The summed E-state index contributed by atoms with van der Waals surface area (Å²) in [5.74, 6) is -0.187. The maximum Gasteiger partial charge on any atom is 0.322 e. The number of urea groups is 1. The monoisotopic (exact) mass is 355 g/mol. The maximum absolute atomic E-state index is 12.6. The predicted octanol–water partition coefficient (Wildman–Crippen LogP) is 0.341. The van der Waals surface area contributed by atoms with E-state index >= 15 is 0 Å². The van der Waals surface area contributed by atoms with E-state index in [2.05, 4.69) is 10.6 Å². The number of para-hydroxylation sites is 1. The second-order valence-electron chi connectivity index (χ2n) is 6.66. The number of carbonyl (C=O) groups excluding carboxylic acids is 3. The van der Waals surface area contributed by atoms with Crippen LogP contribution in [0.1, 0.15) is 6.42 Å². The molecule has 2 fully saturated rings. The number of fused-ring (bicyclic) bond motifs is 1. The van der Waals surface area contributed by atoms with Crippen LogP contribution >= 0.6 is 0 Å². The van der Waals surface area contributed by atoms with Crippen LogP contribution in [0, 0.1) is 0 Å². The number of rotatable bonds is 3. The van der Waals surface area contributed by atoms with Gasteiger partial charge in [-0.2, -0.15) is 0 Å². The largest absolute Gasteiger partial charge is 0.339 e. The lowest BCUT2D eigenvalue weighted by Gasteiger charge is -2.40. The molecule has 8 heteroatoms. The van der Waals surface area contributed by atoms with Gasteiger partial charge in [-0.1, -0.05) is 18.2 Å². The van der Waals surface area contributed by atoms with E-state index in [0.29, 0.717) is 32.7 Å². The molecule has 0 radical (unpaired) electrons. The summed E-state index contributed by atoms with van der Waals surface area (Å²) in [6, 6.07) is 9.55. The van der Waals surface area contributed by atoms with Crippen LogP contribution < -0.4 is 10.6 Å². The summed E-state index contributed by atoms with van der Waals surface area (Å²) in [6.07, 6.45) is 1.89. The Kier molecular flexibility index (Phi) is 4.34. The first-order valence-corrected chi connectivity index (χ1v) is 8.76. The van der Waals surface area contributed by atoms with Crippen LogP contribution in [0.2, 0.25) is 0 Å². The Labute approximate surface area is 150 Å². The molecule has 1 aromatic heterocycles. The lowest BCUT2D eigenvalue weighted by atomic mass is 10.2. The Balaban J connectivity index is 1.35. The highest BCUT2D eigenvalue weighted by molar-refractivity contribution is 5.97. The summed E-state index contributed by atoms with van der Waals surface area (Å²) in [4.78, 5) is 39.5. The molecule has 1 unspecified atom stereocenters. The van der Waals surface area contributed by atoms with Crippen molar-refractivity contribution in [3.05, 3.63) is 36.5 Å². The number of amides is 4. The summed E-state index contributed by atoms with van der Waals surface area (Å²) >= 11 is 0. The second kappa shape index (κ2) is 6.80. The summed E-state index contributed by atoms with van der Waals surface area (Å²) < 4.78 is 1.97. The van der Waals surface area contributed by atoms with Gasteiger partial charge in [-0.15, -0.1) is 0 Å². The van der Waals surface area contributed by atoms with Gasteiger partial charge in [-0.3, -0.25) is 19.8 Å². The van der Waals surface area contributed by atoms with Gasteiger partial charge < -0.3 is 14.8 Å². The van der Waals surface area contributed by atoms with Gasteiger partial charge in [-0.05, 0) is 17.5 Å². The van der Waals surface area contributed by atoms with Crippen molar-refractivity contribution >= 4 is 28.7 Å². The van der Waals surface area contributed by atoms with Crippen LogP contribution in [-0.2, 0) is 16.1 Å². The molecule has 2 saturated heterocycles. The highest BCUT2D eigenvalue weighted by Crippen LogP contribution is 2.16. The molecule has 26 heavy (non-hydrogen) atoms. The van der Waals surface area contributed by atoms with Crippen molar-refractivity contribution in [2.45, 2.75) is 19.1 Å². The Morgan fingerprint density at radius 3 is 2.62 bits per heavy atom. The van der Waals surface area contributed by atoms with Gasteiger partial charge in [0.05, 0.1) is 12.6 Å². The van der Waals surface area contributed by atoms with E-state index in [1.807, 2.05) is 50.9 Å². The highest BCUT2D eigenvalue weighted by atomic mass is 16.2. The molecule has 4 amide bonds. The molecule has 4 rings (SSSR count). The summed E-state index contributed by atoms with van der Waals surface area (Å²) in [5.41, 5.74) is 1.05. The maximum atomic E-state index is 12.6. The minimum atomic E-state index is -0.454. The Morgan fingerprint density at radius 2 is 1.85 bits per heavy atom. The van der Waals surface area contributed by atoms with Crippen molar-refractivity contribution in [1.82, 2.24) is 25.0 Å². The molecule has 0 spiro atoms. The lowest BCUT2D eigenvalue weighted by Crippen LogP contribution is -2.62. The molecule has 1 atom stereocenters. The first-order chi connectivity index (χ1) is 12.6. The van der Waals surface area contributed by atoms with Gasteiger partial charge >= 0.3 is 6.03 Å². The van der Waals surface area contributed by atoms with E-state index in [9.17, 15) is 14.4 Å². The fourth-order valence-corrected chi connectivity index (χ4v) is 3.62. The van der Waals surface area contributed by atoms with Crippen molar-refractivity contribution < 1.29 is 14.4 Å². The van der Waals surface area contributed by atoms with Gasteiger partial charge in [0.15, 0.2) is 0 Å². The van der Waals surface area contributed by atoms with Crippen molar-refractivity contribution in [2.75, 3.05) is 26.2 Å². The molecule has 136 valence electrons. The standard InChI is InChI=1S/C18H21N5O3/c24-16-11-15(19-18(26)20-16)21-7-9-22(10-8-21)17(25)12-23-6-5-13-3-1-2-4-14(13)23/h1-6,15H,7-12H2,(H2,19,20,24,26). The Hall–Kier alpha value is -2.87. The number of hydrogen-bond donors (Lipinski definition) is 2.